The SMILES string of the molecule is COC(=O)/C(=C\c1ccc(-c2cccc(Br)c2)o1)C(C)=O. The highest BCUT2D eigenvalue weighted by Gasteiger charge is 2.16. The van der Waals surface area contributed by atoms with Gasteiger partial charge in [0.15, 0.2) is 5.78 Å². The topological polar surface area (TPSA) is 56.5 Å². The van der Waals surface area contributed by atoms with Crippen molar-refractivity contribution in [3.8, 4) is 11.3 Å². The third kappa shape index (κ3) is 3.70. The number of hydrogen-bond acceptors (Lipinski definition) is 4. The number of hydrogen-bond donors (Lipinski definition) is 0. The zero-order valence-electron chi connectivity index (χ0n) is 11.6. The van der Waals surface area contributed by atoms with E-state index in [1.165, 1.54) is 20.1 Å². The molecule has 0 aliphatic heterocycles. The highest BCUT2D eigenvalue weighted by atomic mass is 79.9. The maximum absolute atomic E-state index is 11.5. The molecule has 1 heterocycles. The van der Waals surface area contributed by atoms with Crippen LogP contribution in [0, 0.1) is 0 Å². The molecule has 0 spiro atoms. The Morgan fingerprint density at radius 1 is 1.24 bits per heavy atom. The number of ether oxygens (including phenoxy) is 1. The lowest BCUT2D eigenvalue weighted by Crippen LogP contribution is -2.11. The third-order valence-corrected chi connectivity index (χ3v) is 3.30. The zero-order valence-corrected chi connectivity index (χ0v) is 13.1. The van der Waals surface area contributed by atoms with Crippen molar-refractivity contribution in [1.82, 2.24) is 0 Å². The summed E-state index contributed by atoms with van der Waals surface area (Å²) in [5.41, 5.74) is 0.846. The molecule has 0 aliphatic carbocycles. The molecule has 0 radical (unpaired) electrons. The molecule has 0 saturated heterocycles. The van der Waals surface area contributed by atoms with E-state index < -0.39 is 5.97 Å². The Labute approximate surface area is 130 Å². The summed E-state index contributed by atoms with van der Waals surface area (Å²) in [6, 6.07) is 11.1. The van der Waals surface area contributed by atoms with E-state index in [1.807, 2.05) is 24.3 Å². The number of methoxy groups -OCH3 is 1. The molecular weight excluding hydrogens is 336 g/mol. The van der Waals surface area contributed by atoms with Crippen LogP contribution in [0.2, 0.25) is 0 Å². The predicted molar refractivity (Wildman–Crippen MR) is 82.5 cm³/mol. The number of esters is 1. The maximum Gasteiger partial charge on any atom is 0.341 e. The normalized spacial score (nSPS) is 11.3. The van der Waals surface area contributed by atoms with Gasteiger partial charge in [-0.2, -0.15) is 0 Å². The smallest absolute Gasteiger partial charge is 0.341 e. The van der Waals surface area contributed by atoms with Crippen molar-refractivity contribution in [1.29, 1.82) is 0 Å². The summed E-state index contributed by atoms with van der Waals surface area (Å²) in [4.78, 5) is 23.0. The van der Waals surface area contributed by atoms with Crippen LogP contribution in [0.1, 0.15) is 12.7 Å². The zero-order chi connectivity index (χ0) is 15.4. The van der Waals surface area contributed by atoms with E-state index in [1.54, 1.807) is 12.1 Å². The lowest BCUT2D eigenvalue weighted by atomic mass is 10.1. The fourth-order valence-corrected chi connectivity index (χ4v) is 2.18. The van der Waals surface area contributed by atoms with Crippen molar-refractivity contribution in [3.05, 3.63) is 52.2 Å². The van der Waals surface area contributed by atoms with Gasteiger partial charge in [-0.1, -0.05) is 28.1 Å². The molecule has 0 N–H and O–H groups in total. The highest BCUT2D eigenvalue weighted by Crippen LogP contribution is 2.26. The van der Waals surface area contributed by atoms with Crippen LogP contribution in [0.4, 0.5) is 0 Å². The molecule has 0 saturated carbocycles. The molecule has 4 nitrogen and oxygen atoms in total. The molecule has 21 heavy (non-hydrogen) atoms. The Kier molecular flexibility index (Phi) is 4.75. The second-order valence-electron chi connectivity index (χ2n) is 4.32. The van der Waals surface area contributed by atoms with Crippen LogP contribution < -0.4 is 0 Å². The number of carbonyl (C=O) groups excluding carboxylic acids is 2. The predicted octanol–water partition coefficient (Wildman–Crippen LogP) is 3.85. The van der Waals surface area contributed by atoms with Gasteiger partial charge in [-0.3, -0.25) is 4.79 Å². The van der Waals surface area contributed by atoms with Crippen LogP contribution in [0.25, 0.3) is 17.4 Å². The summed E-state index contributed by atoms with van der Waals surface area (Å²) in [6.07, 6.45) is 1.38. The van der Waals surface area contributed by atoms with Crippen molar-refractivity contribution in [2.45, 2.75) is 6.92 Å². The number of ketones is 1. The number of rotatable bonds is 4. The van der Waals surface area contributed by atoms with E-state index in [0.717, 1.165) is 10.0 Å². The van der Waals surface area contributed by atoms with E-state index >= 15 is 0 Å². The molecule has 2 aromatic rings. The van der Waals surface area contributed by atoms with Gasteiger partial charge < -0.3 is 9.15 Å². The fourth-order valence-electron chi connectivity index (χ4n) is 1.78. The first-order chi connectivity index (χ1) is 10.0. The molecule has 1 aromatic heterocycles. The average molecular weight is 349 g/mol. The molecule has 5 heteroatoms. The molecule has 0 amide bonds. The first-order valence-electron chi connectivity index (χ1n) is 6.18. The van der Waals surface area contributed by atoms with Gasteiger partial charge in [0.2, 0.25) is 0 Å². The van der Waals surface area contributed by atoms with Gasteiger partial charge >= 0.3 is 5.97 Å². The van der Waals surface area contributed by atoms with Crippen LogP contribution in [-0.4, -0.2) is 18.9 Å². The van der Waals surface area contributed by atoms with Gasteiger partial charge in [-0.25, -0.2) is 4.79 Å². The molecular formula is C16H13BrO4. The summed E-state index contributed by atoms with van der Waals surface area (Å²) in [6.45, 7) is 1.31. The minimum atomic E-state index is -0.678. The van der Waals surface area contributed by atoms with Crippen LogP contribution >= 0.6 is 15.9 Å². The minimum Gasteiger partial charge on any atom is -0.465 e. The summed E-state index contributed by atoms with van der Waals surface area (Å²) >= 11 is 3.39. The van der Waals surface area contributed by atoms with Crippen LogP contribution in [-0.2, 0) is 14.3 Å². The number of halogens is 1. The molecule has 0 aliphatic rings. The summed E-state index contributed by atoms with van der Waals surface area (Å²) < 4.78 is 11.2. The maximum atomic E-state index is 11.5. The van der Waals surface area contributed by atoms with E-state index in [0.29, 0.717) is 11.5 Å². The van der Waals surface area contributed by atoms with Gasteiger partial charge in [0.05, 0.1) is 7.11 Å². The Bertz CT molecular complexity index is 713. The van der Waals surface area contributed by atoms with Gasteiger partial charge in [-0.15, -0.1) is 0 Å². The van der Waals surface area contributed by atoms with E-state index in [9.17, 15) is 9.59 Å². The quantitative estimate of drug-likeness (QED) is 0.364. The molecule has 2 rings (SSSR count). The minimum absolute atomic E-state index is 0.0485. The molecule has 108 valence electrons. The van der Waals surface area contributed by atoms with E-state index in [-0.39, 0.29) is 11.4 Å². The van der Waals surface area contributed by atoms with E-state index in [4.69, 9.17) is 4.42 Å². The molecule has 0 bridgehead atoms. The van der Waals surface area contributed by atoms with Crippen molar-refractivity contribution >= 4 is 33.8 Å². The van der Waals surface area contributed by atoms with Gasteiger partial charge in [0.25, 0.3) is 0 Å². The largest absolute Gasteiger partial charge is 0.465 e. The molecule has 0 unspecified atom stereocenters. The number of Topliss-reactive ketones (excluding diaryl/α,β-unsaturated/α-hetero) is 1. The van der Waals surface area contributed by atoms with Crippen molar-refractivity contribution in [2.24, 2.45) is 0 Å². The second kappa shape index (κ2) is 6.54. The summed E-state index contributed by atoms with van der Waals surface area (Å²) in [7, 11) is 1.23. The fraction of sp³-hybridized carbons (Fsp3) is 0.125. The Hall–Kier alpha value is -2.14. The second-order valence-corrected chi connectivity index (χ2v) is 5.23. The number of furan rings is 1. The first kappa shape index (κ1) is 15.3. The first-order valence-corrected chi connectivity index (χ1v) is 6.97. The number of carbonyl (C=O) groups is 2. The molecule has 1 aromatic carbocycles. The van der Waals surface area contributed by atoms with Gasteiger partial charge in [0, 0.05) is 10.0 Å². The Morgan fingerprint density at radius 2 is 2.00 bits per heavy atom. The third-order valence-electron chi connectivity index (χ3n) is 2.81. The van der Waals surface area contributed by atoms with Crippen molar-refractivity contribution in [2.75, 3.05) is 7.11 Å². The van der Waals surface area contributed by atoms with Crippen LogP contribution in [0.5, 0.6) is 0 Å². The lowest BCUT2D eigenvalue weighted by molar-refractivity contribution is -0.137. The van der Waals surface area contributed by atoms with Gasteiger partial charge in [0.1, 0.15) is 17.1 Å². The average Bonchev–Trinajstić information content (AvgIpc) is 2.92. The van der Waals surface area contributed by atoms with Crippen LogP contribution in [0.15, 0.2) is 50.9 Å². The summed E-state index contributed by atoms with van der Waals surface area (Å²) in [5.74, 6) is 0.0149. The summed E-state index contributed by atoms with van der Waals surface area (Å²) in [5, 5.41) is 0. The standard InChI is InChI=1S/C16H13BrO4/c1-10(18)14(16(19)20-2)9-13-6-7-15(21-13)11-4-3-5-12(17)8-11/h3-9H,1-2H3/b14-9-. The number of benzene rings is 1. The highest BCUT2D eigenvalue weighted by molar-refractivity contribution is 9.10. The van der Waals surface area contributed by atoms with Crippen molar-refractivity contribution < 1.29 is 18.7 Å². The van der Waals surface area contributed by atoms with Gasteiger partial charge in [-0.05, 0) is 37.3 Å². The van der Waals surface area contributed by atoms with E-state index in [2.05, 4.69) is 20.7 Å². The van der Waals surface area contributed by atoms with Crippen LogP contribution in [0.3, 0.4) is 0 Å². The Morgan fingerprint density at radius 3 is 2.62 bits per heavy atom. The molecule has 0 atom stereocenters. The molecule has 0 fully saturated rings. The monoisotopic (exact) mass is 348 g/mol. The Balaban J connectivity index is 2.35. The van der Waals surface area contributed by atoms with Crippen molar-refractivity contribution in [3.63, 3.8) is 0 Å². The lowest BCUT2D eigenvalue weighted by Gasteiger charge is -2.00.